The van der Waals surface area contributed by atoms with Crippen LogP contribution in [0.15, 0.2) is 18.2 Å². The van der Waals surface area contributed by atoms with E-state index in [-0.39, 0.29) is 36.3 Å². The Kier molecular flexibility index (Phi) is 3.19. The molecule has 1 N–H and O–H groups in total. The number of aliphatic carboxylic acids is 1. The molecule has 0 saturated carbocycles. The average Bonchev–Trinajstić information content (AvgIpc) is 2.96. The van der Waals surface area contributed by atoms with Gasteiger partial charge in [-0.15, -0.1) is 8.78 Å². The second-order valence-electron chi connectivity index (χ2n) is 5.33. The summed E-state index contributed by atoms with van der Waals surface area (Å²) in [6.45, 7) is 1.53. The molecular weight excluding hydrogens is 300 g/mol. The summed E-state index contributed by atoms with van der Waals surface area (Å²) in [5.74, 6) is -1.82. The molecule has 6 nitrogen and oxygen atoms in total. The second kappa shape index (κ2) is 4.82. The van der Waals surface area contributed by atoms with Crippen molar-refractivity contribution in [3.8, 4) is 11.5 Å². The monoisotopic (exact) mass is 313 g/mol. The number of likely N-dealkylation sites (tertiary alicyclic amines) is 1. The largest absolute Gasteiger partial charge is 0.586 e. The molecule has 2 heterocycles. The first kappa shape index (κ1) is 14.6. The number of carbonyl (C=O) groups excluding carboxylic acids is 1. The number of rotatable bonds is 2. The lowest BCUT2D eigenvalue weighted by Gasteiger charge is -2.19. The van der Waals surface area contributed by atoms with Gasteiger partial charge in [0.05, 0.1) is 0 Å². The second-order valence-corrected chi connectivity index (χ2v) is 5.33. The smallest absolute Gasteiger partial charge is 0.480 e. The fraction of sp³-hybridized carbons (Fsp3) is 0.429. The number of carboxylic acids is 1. The summed E-state index contributed by atoms with van der Waals surface area (Å²) in [7, 11) is 0. The van der Waals surface area contributed by atoms with E-state index in [1.165, 1.54) is 24.0 Å². The molecule has 0 spiro atoms. The highest BCUT2D eigenvalue weighted by atomic mass is 19.3. The van der Waals surface area contributed by atoms with Crippen molar-refractivity contribution in [2.24, 2.45) is 0 Å². The lowest BCUT2D eigenvalue weighted by Crippen LogP contribution is -2.39. The van der Waals surface area contributed by atoms with Crippen LogP contribution < -0.4 is 9.47 Å². The zero-order chi connectivity index (χ0) is 16.1. The van der Waals surface area contributed by atoms with Crippen LogP contribution in [0.1, 0.15) is 24.8 Å². The van der Waals surface area contributed by atoms with Crippen molar-refractivity contribution in [1.82, 2.24) is 4.90 Å². The first-order chi connectivity index (χ1) is 10.3. The Hall–Kier alpha value is -2.38. The van der Waals surface area contributed by atoms with Crippen LogP contribution in [0.4, 0.5) is 8.78 Å². The van der Waals surface area contributed by atoms with Crippen LogP contribution in [0.2, 0.25) is 0 Å². The molecule has 1 aromatic rings. The lowest BCUT2D eigenvalue weighted by atomic mass is 9.96. The maximum Gasteiger partial charge on any atom is 0.586 e. The van der Waals surface area contributed by atoms with Crippen LogP contribution in [0, 0.1) is 0 Å². The average molecular weight is 313 g/mol. The predicted octanol–water partition coefficient (Wildman–Crippen LogP) is 1.80. The molecule has 2 aliphatic rings. The van der Waals surface area contributed by atoms with Crippen molar-refractivity contribution in [3.63, 3.8) is 0 Å². The van der Waals surface area contributed by atoms with Gasteiger partial charge in [-0.25, -0.2) is 4.79 Å². The molecule has 1 fully saturated rings. The summed E-state index contributed by atoms with van der Waals surface area (Å²) >= 11 is 0. The third kappa shape index (κ3) is 2.44. The molecule has 0 aromatic heterocycles. The number of fused-ring (bicyclic) bond motifs is 1. The van der Waals surface area contributed by atoms with Gasteiger partial charge in [-0.2, -0.15) is 0 Å². The Morgan fingerprint density at radius 2 is 2.00 bits per heavy atom. The van der Waals surface area contributed by atoms with Crippen LogP contribution in [0.25, 0.3) is 0 Å². The quantitative estimate of drug-likeness (QED) is 0.901. The van der Waals surface area contributed by atoms with Gasteiger partial charge in [-0.05, 0) is 24.1 Å². The summed E-state index contributed by atoms with van der Waals surface area (Å²) in [6.07, 6.45) is -3.46. The molecule has 2 atom stereocenters. The third-order valence-electron chi connectivity index (χ3n) is 3.89. The van der Waals surface area contributed by atoms with Crippen LogP contribution >= 0.6 is 0 Å². The maximum atomic E-state index is 13.0. The van der Waals surface area contributed by atoms with Crippen molar-refractivity contribution in [1.29, 1.82) is 0 Å². The highest BCUT2D eigenvalue weighted by Crippen LogP contribution is 2.43. The first-order valence-corrected chi connectivity index (χ1v) is 6.66. The molecule has 1 aromatic carbocycles. The Labute approximate surface area is 124 Å². The van der Waals surface area contributed by atoms with Crippen molar-refractivity contribution >= 4 is 11.9 Å². The van der Waals surface area contributed by atoms with E-state index in [0.29, 0.717) is 5.56 Å². The van der Waals surface area contributed by atoms with E-state index in [4.69, 9.17) is 0 Å². The molecule has 2 aliphatic heterocycles. The molecule has 1 saturated heterocycles. The van der Waals surface area contributed by atoms with Gasteiger partial charge in [0.25, 0.3) is 0 Å². The van der Waals surface area contributed by atoms with E-state index in [1.54, 1.807) is 6.07 Å². The highest BCUT2D eigenvalue weighted by molar-refractivity contribution is 5.83. The third-order valence-corrected chi connectivity index (χ3v) is 3.89. The number of carboxylic acid groups (broad SMARTS) is 1. The number of halogens is 2. The molecule has 22 heavy (non-hydrogen) atoms. The Balaban J connectivity index is 1.85. The minimum atomic E-state index is -3.69. The fourth-order valence-electron chi connectivity index (χ4n) is 2.88. The molecular formula is C14H13F2NO5. The minimum Gasteiger partial charge on any atom is -0.480 e. The number of ether oxygens (including phenoxy) is 2. The molecule has 118 valence electrons. The summed E-state index contributed by atoms with van der Waals surface area (Å²) in [5.41, 5.74) is 0.634. The van der Waals surface area contributed by atoms with E-state index in [1.807, 2.05) is 0 Å². The number of carbonyl (C=O) groups is 2. The van der Waals surface area contributed by atoms with E-state index >= 15 is 0 Å². The molecule has 8 heteroatoms. The number of benzene rings is 1. The van der Waals surface area contributed by atoms with Gasteiger partial charge in [0.15, 0.2) is 11.5 Å². The number of amides is 1. The van der Waals surface area contributed by atoms with Crippen LogP contribution in [0.5, 0.6) is 11.5 Å². The van der Waals surface area contributed by atoms with Crippen LogP contribution in [-0.4, -0.2) is 40.8 Å². The zero-order valence-corrected chi connectivity index (χ0v) is 11.6. The van der Waals surface area contributed by atoms with Gasteiger partial charge in [0.2, 0.25) is 5.91 Å². The maximum absolute atomic E-state index is 13.0. The van der Waals surface area contributed by atoms with Gasteiger partial charge in [-0.1, -0.05) is 6.07 Å². The predicted molar refractivity (Wildman–Crippen MR) is 68.8 cm³/mol. The molecule has 2 unspecified atom stereocenters. The van der Waals surface area contributed by atoms with E-state index in [0.717, 1.165) is 0 Å². The van der Waals surface area contributed by atoms with Crippen LogP contribution in [0.3, 0.4) is 0 Å². The minimum absolute atomic E-state index is 0.0649. The summed E-state index contributed by atoms with van der Waals surface area (Å²) in [4.78, 5) is 24.0. The van der Waals surface area contributed by atoms with E-state index < -0.39 is 18.3 Å². The summed E-state index contributed by atoms with van der Waals surface area (Å²) < 4.78 is 34.7. The zero-order valence-electron chi connectivity index (χ0n) is 11.6. The molecule has 0 radical (unpaired) electrons. The van der Waals surface area contributed by atoms with Crippen LogP contribution in [-0.2, 0) is 9.59 Å². The number of alkyl halides is 2. The Bertz CT molecular complexity index is 626. The first-order valence-electron chi connectivity index (χ1n) is 6.66. The van der Waals surface area contributed by atoms with Gasteiger partial charge >= 0.3 is 12.3 Å². The fourth-order valence-corrected chi connectivity index (χ4v) is 2.88. The van der Waals surface area contributed by atoms with E-state index in [9.17, 15) is 23.5 Å². The van der Waals surface area contributed by atoms with Gasteiger partial charge in [0.1, 0.15) is 6.04 Å². The summed E-state index contributed by atoms with van der Waals surface area (Å²) in [6, 6.07) is 3.44. The topological polar surface area (TPSA) is 76.1 Å². The normalized spacial score (nSPS) is 25.3. The number of hydrogen-bond acceptors (Lipinski definition) is 4. The molecule has 1 amide bonds. The van der Waals surface area contributed by atoms with Gasteiger partial charge in [0, 0.05) is 19.4 Å². The molecule has 3 rings (SSSR count). The Morgan fingerprint density at radius 1 is 1.32 bits per heavy atom. The van der Waals surface area contributed by atoms with Gasteiger partial charge in [-0.3, -0.25) is 4.79 Å². The number of hydrogen-bond donors (Lipinski definition) is 1. The van der Waals surface area contributed by atoms with E-state index in [2.05, 4.69) is 9.47 Å². The molecule has 0 bridgehead atoms. The van der Waals surface area contributed by atoms with Crippen molar-refractivity contribution < 1.29 is 33.0 Å². The lowest BCUT2D eigenvalue weighted by molar-refractivity contribution is -0.286. The van der Waals surface area contributed by atoms with Crippen molar-refractivity contribution in [2.45, 2.75) is 31.6 Å². The SMILES string of the molecule is CC(=O)N1CC(c2ccc3c(c2)OC(F)(F)O3)CC1C(=O)O. The van der Waals surface area contributed by atoms with Crippen molar-refractivity contribution in [3.05, 3.63) is 23.8 Å². The Morgan fingerprint density at radius 3 is 2.59 bits per heavy atom. The van der Waals surface area contributed by atoms with Gasteiger partial charge < -0.3 is 19.5 Å². The summed E-state index contributed by atoms with van der Waals surface area (Å²) in [5, 5.41) is 9.18. The molecule has 0 aliphatic carbocycles. The standard InChI is InChI=1S/C14H13F2NO5/c1-7(18)17-6-9(4-10(17)13(19)20)8-2-3-11-12(5-8)22-14(15,16)21-11/h2-3,5,9-10H,4,6H2,1H3,(H,19,20). The number of nitrogens with zero attached hydrogens (tertiary/aromatic N) is 1. The van der Waals surface area contributed by atoms with Crippen molar-refractivity contribution in [2.75, 3.05) is 6.54 Å². The highest BCUT2D eigenvalue weighted by Gasteiger charge is 2.44.